The molecule has 3 fully saturated rings. The van der Waals surface area contributed by atoms with Gasteiger partial charge in [-0.05, 0) is 64.2 Å². The fourth-order valence-corrected chi connectivity index (χ4v) is 12.3. The van der Waals surface area contributed by atoms with Crippen molar-refractivity contribution in [2.45, 2.75) is 369 Å². The molecular weight excluding hydrogens is 1200 g/mol. The molecule has 3 rings (SSSR count). The minimum absolute atomic E-state index is 0.233. The van der Waals surface area contributed by atoms with Crippen LogP contribution < -0.4 is 5.32 Å². The van der Waals surface area contributed by atoms with Crippen molar-refractivity contribution in [3.05, 3.63) is 72.9 Å². The van der Waals surface area contributed by atoms with Gasteiger partial charge in [0.05, 0.1) is 38.6 Å². The minimum Gasteiger partial charge on any atom is -0.394 e. The Hall–Kier alpha value is -2.77. The molecule has 0 radical (unpaired) electrons. The van der Waals surface area contributed by atoms with Crippen LogP contribution in [0.25, 0.3) is 0 Å². The number of carbonyl (C=O) groups excluding carboxylic acids is 1. The molecule has 12 N–H and O–H groups in total. The fraction of sp³-hybridized carbons (Fsp3) is 0.827. The van der Waals surface area contributed by atoms with Crippen molar-refractivity contribution in [2.75, 3.05) is 26.4 Å². The molecule has 0 aromatic carbocycles. The molecule has 17 unspecified atom stereocenters. The van der Waals surface area contributed by atoms with Gasteiger partial charge in [-0.2, -0.15) is 0 Å². The third kappa shape index (κ3) is 36.9. The van der Waals surface area contributed by atoms with Crippen LogP contribution in [0.4, 0.5) is 0 Å². The molecule has 0 spiro atoms. The lowest BCUT2D eigenvalue weighted by Crippen LogP contribution is -2.66. The highest BCUT2D eigenvalue weighted by molar-refractivity contribution is 5.76. The third-order valence-corrected chi connectivity index (χ3v) is 18.3. The average Bonchev–Trinajstić information content (AvgIpc) is 0.787. The quantitative estimate of drug-likeness (QED) is 0.0199. The van der Waals surface area contributed by atoms with Crippen molar-refractivity contribution >= 4 is 5.91 Å². The van der Waals surface area contributed by atoms with Crippen LogP contribution in [0.2, 0.25) is 0 Å². The van der Waals surface area contributed by atoms with Gasteiger partial charge < -0.3 is 89.9 Å². The number of aliphatic hydroxyl groups excluding tert-OH is 11. The molecule has 3 saturated heterocycles. The molecule has 19 nitrogen and oxygen atoms in total. The van der Waals surface area contributed by atoms with E-state index in [1.807, 2.05) is 0 Å². The molecule has 3 heterocycles. The summed E-state index contributed by atoms with van der Waals surface area (Å²) in [5.74, 6) is -0.267. The summed E-state index contributed by atoms with van der Waals surface area (Å²) >= 11 is 0. The molecule has 1 amide bonds. The van der Waals surface area contributed by atoms with Crippen molar-refractivity contribution < 1.29 is 89.4 Å². The average molecular weight is 1340 g/mol. The highest BCUT2D eigenvalue weighted by atomic mass is 16.8. The number of nitrogens with one attached hydrogen (secondary N) is 1. The zero-order valence-electron chi connectivity index (χ0n) is 57.9. The molecule has 0 aromatic heterocycles. The molecule has 3 aliphatic heterocycles. The van der Waals surface area contributed by atoms with Gasteiger partial charge in [-0.1, -0.05) is 267 Å². The van der Waals surface area contributed by atoms with Gasteiger partial charge in [0.15, 0.2) is 18.9 Å². The Morgan fingerprint density at radius 1 is 0.394 bits per heavy atom. The van der Waals surface area contributed by atoms with E-state index in [9.17, 15) is 61.0 Å². The summed E-state index contributed by atoms with van der Waals surface area (Å²) in [7, 11) is 0. The molecule has 0 bridgehead atoms. The lowest BCUT2D eigenvalue weighted by Gasteiger charge is -2.48. The molecule has 0 saturated carbocycles. The van der Waals surface area contributed by atoms with Gasteiger partial charge in [-0.25, -0.2) is 0 Å². The summed E-state index contributed by atoms with van der Waals surface area (Å²) in [6, 6.07) is -0.907. The maximum atomic E-state index is 13.4. The molecular formula is C75H133NO18. The second-order valence-electron chi connectivity index (χ2n) is 26.4. The van der Waals surface area contributed by atoms with Gasteiger partial charge in [-0.15, -0.1) is 0 Å². The largest absolute Gasteiger partial charge is 0.394 e. The Balaban J connectivity index is 1.42. The summed E-state index contributed by atoms with van der Waals surface area (Å²) < 4.78 is 34.5. The summed E-state index contributed by atoms with van der Waals surface area (Å²) in [6.45, 7) is 1.69. The number of allylic oxidation sites excluding steroid dienone is 12. The number of rotatable bonds is 57. The minimum atomic E-state index is -1.98. The normalized spacial score (nSPS) is 27.8. The van der Waals surface area contributed by atoms with E-state index in [-0.39, 0.29) is 18.9 Å². The molecule has 546 valence electrons. The van der Waals surface area contributed by atoms with E-state index in [4.69, 9.17) is 28.4 Å². The maximum absolute atomic E-state index is 13.4. The van der Waals surface area contributed by atoms with Crippen LogP contribution in [0.5, 0.6) is 0 Å². The van der Waals surface area contributed by atoms with E-state index in [0.29, 0.717) is 12.8 Å². The van der Waals surface area contributed by atoms with Crippen molar-refractivity contribution in [2.24, 2.45) is 0 Å². The third-order valence-electron chi connectivity index (χ3n) is 18.3. The first kappa shape index (κ1) is 85.5. The van der Waals surface area contributed by atoms with Crippen molar-refractivity contribution in [1.82, 2.24) is 5.32 Å². The van der Waals surface area contributed by atoms with E-state index < -0.39 is 124 Å². The number of hydrogen-bond donors (Lipinski definition) is 12. The highest BCUT2D eigenvalue weighted by Gasteiger charge is 2.53. The van der Waals surface area contributed by atoms with E-state index >= 15 is 0 Å². The van der Waals surface area contributed by atoms with E-state index in [0.717, 1.165) is 89.9 Å². The van der Waals surface area contributed by atoms with Crippen LogP contribution in [-0.2, 0) is 33.2 Å². The predicted molar refractivity (Wildman–Crippen MR) is 369 cm³/mol. The fourth-order valence-electron chi connectivity index (χ4n) is 12.3. The Morgan fingerprint density at radius 3 is 1.15 bits per heavy atom. The van der Waals surface area contributed by atoms with Crippen LogP contribution >= 0.6 is 0 Å². The summed E-state index contributed by atoms with van der Waals surface area (Å²) in [4.78, 5) is 13.4. The number of unbranched alkanes of at least 4 members (excludes halogenated alkanes) is 29. The summed E-state index contributed by atoms with van der Waals surface area (Å²) in [5.41, 5.74) is 0. The van der Waals surface area contributed by atoms with Crippen molar-refractivity contribution in [3.63, 3.8) is 0 Å². The summed E-state index contributed by atoms with van der Waals surface area (Å²) in [6.07, 6.45) is 44.0. The summed E-state index contributed by atoms with van der Waals surface area (Å²) in [5, 5.41) is 121. The first-order valence-corrected chi connectivity index (χ1v) is 37.2. The predicted octanol–water partition coefficient (Wildman–Crippen LogP) is 10.9. The van der Waals surface area contributed by atoms with Gasteiger partial charge in [0.25, 0.3) is 0 Å². The van der Waals surface area contributed by atoms with E-state index in [1.165, 1.54) is 141 Å². The van der Waals surface area contributed by atoms with Gasteiger partial charge in [0, 0.05) is 6.42 Å². The Bertz CT molecular complexity index is 1980. The molecule has 0 aromatic rings. The lowest BCUT2D eigenvalue weighted by molar-refractivity contribution is -0.379. The smallest absolute Gasteiger partial charge is 0.220 e. The van der Waals surface area contributed by atoms with Gasteiger partial charge in [0.2, 0.25) is 5.91 Å². The van der Waals surface area contributed by atoms with E-state index in [2.05, 4.69) is 92.1 Å². The van der Waals surface area contributed by atoms with Gasteiger partial charge in [-0.3, -0.25) is 4.79 Å². The molecule has 19 heteroatoms. The number of carbonyl (C=O) groups is 1. The van der Waals surface area contributed by atoms with Gasteiger partial charge >= 0.3 is 0 Å². The number of ether oxygens (including phenoxy) is 6. The van der Waals surface area contributed by atoms with E-state index in [1.54, 1.807) is 0 Å². The number of amides is 1. The van der Waals surface area contributed by atoms with Crippen LogP contribution in [0.15, 0.2) is 72.9 Å². The Morgan fingerprint density at radius 2 is 0.734 bits per heavy atom. The van der Waals surface area contributed by atoms with Crippen LogP contribution in [0.1, 0.15) is 264 Å². The number of aliphatic hydroxyl groups is 11. The van der Waals surface area contributed by atoms with Crippen LogP contribution in [0, 0.1) is 0 Å². The van der Waals surface area contributed by atoms with Crippen molar-refractivity contribution in [3.8, 4) is 0 Å². The SMILES string of the molecule is CC/C=C\C/C=C\C/C=C\C/C=C\C/C=C\C/C=C\CCCCCCC(=O)NC(COC1OC(CO)C(OC2OC(CO)C(OC3OC(CO)C(O)C(O)C3O)C(O)C2O)C(O)C1O)C(O)CCCCCCCCCCCCCCCCCCCCCCCCCCCC. The Kier molecular flexibility index (Phi) is 50.9. The standard InChI is InChI=1S/C75H133NO18/c1-3-5-7-9-11-13-15-17-19-21-23-25-27-28-29-31-32-34-36-38-40-42-44-46-48-50-52-59(80)58(76-63(81)53-51-49-47-45-43-41-39-37-35-33-30-26-24-22-20-18-16-14-12-10-8-6-4-2)57-89-73-69(87)66(84)71(61(55-78)91-73)94-75-70(88)67(85)72(62(56-79)92-75)93-74-68(86)65(83)64(82)60(54-77)90-74/h6,8,12,14,18,20,24,26,33,35,39,41,58-62,64-75,77-80,82-88H,3-5,7,9-11,13,15-17,19,21-23,25,27-32,34,36-38,40,42-57H2,1-2H3,(H,76,81)/b8-6-,14-12-,20-18-,26-24-,35-33-,41-39-. The Labute approximate surface area is 566 Å². The lowest BCUT2D eigenvalue weighted by atomic mass is 9.96. The zero-order chi connectivity index (χ0) is 68.2. The van der Waals surface area contributed by atoms with Crippen LogP contribution in [-0.4, -0.2) is 193 Å². The molecule has 3 aliphatic rings. The second-order valence-corrected chi connectivity index (χ2v) is 26.4. The maximum Gasteiger partial charge on any atom is 0.220 e. The van der Waals surface area contributed by atoms with Crippen LogP contribution in [0.3, 0.4) is 0 Å². The molecule has 0 aliphatic carbocycles. The topological polar surface area (TPSA) is 307 Å². The highest BCUT2D eigenvalue weighted by Crippen LogP contribution is 2.33. The first-order valence-electron chi connectivity index (χ1n) is 37.2. The zero-order valence-corrected chi connectivity index (χ0v) is 57.9. The first-order chi connectivity index (χ1) is 45.8. The monoisotopic (exact) mass is 1340 g/mol. The molecule has 94 heavy (non-hydrogen) atoms. The van der Waals surface area contributed by atoms with Crippen molar-refractivity contribution in [1.29, 1.82) is 0 Å². The number of hydrogen-bond acceptors (Lipinski definition) is 18. The molecule has 17 atom stereocenters. The van der Waals surface area contributed by atoms with Gasteiger partial charge in [0.1, 0.15) is 73.2 Å². The second kappa shape index (κ2) is 56.0.